The van der Waals surface area contributed by atoms with Gasteiger partial charge in [0.15, 0.2) is 11.6 Å². The zero-order valence-electron chi connectivity index (χ0n) is 11.5. The lowest BCUT2D eigenvalue weighted by atomic mass is 9.84. The summed E-state index contributed by atoms with van der Waals surface area (Å²) in [6.07, 6.45) is 4.96. The van der Waals surface area contributed by atoms with Crippen LogP contribution in [0.1, 0.15) is 43.0 Å². The zero-order chi connectivity index (χ0) is 14.3. The molecule has 0 radical (unpaired) electrons. The van der Waals surface area contributed by atoms with E-state index in [1.54, 1.807) is 0 Å². The number of nitrogens with one attached hydrogen (secondary N) is 1. The Morgan fingerprint density at radius 3 is 2.75 bits per heavy atom. The highest BCUT2D eigenvalue weighted by atomic mass is 19.2. The number of rotatable bonds is 3. The average molecular weight is 279 g/mol. The molecule has 2 bridgehead atoms. The zero-order valence-corrected chi connectivity index (χ0v) is 11.5. The van der Waals surface area contributed by atoms with E-state index in [9.17, 15) is 13.6 Å². The van der Waals surface area contributed by atoms with Crippen LogP contribution in [0.5, 0.6) is 0 Å². The van der Waals surface area contributed by atoms with Crippen LogP contribution in [0.3, 0.4) is 0 Å². The molecule has 3 rings (SSSR count). The van der Waals surface area contributed by atoms with Gasteiger partial charge in [-0.05, 0) is 56.1 Å². The maximum atomic E-state index is 13.6. The van der Waals surface area contributed by atoms with Crippen molar-refractivity contribution >= 4 is 5.91 Å². The van der Waals surface area contributed by atoms with Crippen molar-refractivity contribution in [3.8, 4) is 0 Å². The van der Waals surface area contributed by atoms with Gasteiger partial charge < -0.3 is 5.32 Å². The normalized spacial score (nSPS) is 29.4. The van der Waals surface area contributed by atoms with Crippen molar-refractivity contribution in [2.24, 2.45) is 17.8 Å². The van der Waals surface area contributed by atoms with Crippen LogP contribution in [0, 0.1) is 29.4 Å². The first-order valence-corrected chi connectivity index (χ1v) is 7.31. The van der Waals surface area contributed by atoms with Crippen molar-refractivity contribution < 1.29 is 13.6 Å². The minimum atomic E-state index is -1.06. The van der Waals surface area contributed by atoms with Gasteiger partial charge in [0.2, 0.25) is 0 Å². The summed E-state index contributed by atoms with van der Waals surface area (Å²) in [5.74, 6) is -0.593. The lowest BCUT2D eigenvalue weighted by Gasteiger charge is -2.28. The Bertz CT molecular complexity index is 531. The molecule has 1 aromatic carbocycles. The third-order valence-electron chi connectivity index (χ3n) is 4.99. The lowest BCUT2D eigenvalue weighted by Crippen LogP contribution is -2.40. The van der Waals surface area contributed by atoms with Gasteiger partial charge in [-0.3, -0.25) is 4.79 Å². The largest absolute Gasteiger partial charge is 0.349 e. The molecule has 0 spiro atoms. The first kappa shape index (κ1) is 13.5. The molecule has 4 heteroatoms. The summed E-state index contributed by atoms with van der Waals surface area (Å²) in [6.45, 7) is 1.97. The summed E-state index contributed by atoms with van der Waals surface area (Å²) >= 11 is 0. The van der Waals surface area contributed by atoms with Crippen molar-refractivity contribution in [3.05, 3.63) is 35.4 Å². The standard InChI is InChI=1S/C16H19F2NO/c1-9(13-8-10-5-6-11(13)7-10)19-16(20)12-3-2-4-14(17)15(12)18/h2-4,9-11,13H,5-8H2,1H3,(H,19,20). The van der Waals surface area contributed by atoms with Crippen LogP contribution in [0.2, 0.25) is 0 Å². The SMILES string of the molecule is CC(NC(=O)c1cccc(F)c1F)C1CC2CCC1C2. The van der Waals surface area contributed by atoms with E-state index in [1.165, 1.54) is 31.4 Å². The topological polar surface area (TPSA) is 29.1 Å². The number of carbonyl (C=O) groups is 1. The molecule has 4 atom stereocenters. The summed E-state index contributed by atoms with van der Waals surface area (Å²) in [7, 11) is 0. The monoisotopic (exact) mass is 279 g/mol. The van der Waals surface area contributed by atoms with E-state index in [0.29, 0.717) is 11.8 Å². The fourth-order valence-electron chi connectivity index (χ4n) is 3.98. The highest BCUT2D eigenvalue weighted by molar-refractivity contribution is 5.94. The summed E-state index contributed by atoms with van der Waals surface area (Å²) in [5, 5.41) is 2.85. The van der Waals surface area contributed by atoms with E-state index < -0.39 is 17.5 Å². The molecular weight excluding hydrogens is 260 g/mol. The number of hydrogen-bond donors (Lipinski definition) is 1. The molecule has 1 amide bonds. The maximum absolute atomic E-state index is 13.6. The highest BCUT2D eigenvalue weighted by Gasteiger charge is 2.42. The molecule has 0 heterocycles. The average Bonchev–Trinajstić information content (AvgIpc) is 3.04. The quantitative estimate of drug-likeness (QED) is 0.901. The van der Waals surface area contributed by atoms with E-state index in [-0.39, 0.29) is 11.6 Å². The van der Waals surface area contributed by atoms with Crippen molar-refractivity contribution in [3.63, 3.8) is 0 Å². The minimum absolute atomic E-state index is 0.0143. The smallest absolute Gasteiger partial charge is 0.254 e. The first-order chi connectivity index (χ1) is 9.56. The molecule has 2 saturated carbocycles. The van der Waals surface area contributed by atoms with Gasteiger partial charge in [-0.25, -0.2) is 8.78 Å². The Hall–Kier alpha value is -1.45. The van der Waals surface area contributed by atoms with Crippen LogP contribution in [-0.2, 0) is 0 Å². The number of fused-ring (bicyclic) bond motifs is 2. The van der Waals surface area contributed by atoms with Gasteiger partial charge in [-0.15, -0.1) is 0 Å². The van der Waals surface area contributed by atoms with Crippen molar-refractivity contribution in [2.45, 2.75) is 38.6 Å². The number of benzene rings is 1. The number of halogens is 2. The number of hydrogen-bond acceptors (Lipinski definition) is 1. The first-order valence-electron chi connectivity index (χ1n) is 7.31. The van der Waals surface area contributed by atoms with Crippen molar-refractivity contribution in [2.75, 3.05) is 0 Å². The Balaban J connectivity index is 1.68. The summed E-state index contributed by atoms with van der Waals surface area (Å²) in [4.78, 5) is 12.1. The fraction of sp³-hybridized carbons (Fsp3) is 0.562. The molecule has 20 heavy (non-hydrogen) atoms. The molecule has 1 aromatic rings. The predicted octanol–water partition coefficient (Wildman–Crippen LogP) is 3.52. The van der Waals surface area contributed by atoms with Gasteiger partial charge >= 0.3 is 0 Å². The van der Waals surface area contributed by atoms with E-state index in [0.717, 1.165) is 18.4 Å². The summed E-state index contributed by atoms with van der Waals surface area (Å²) < 4.78 is 26.7. The van der Waals surface area contributed by atoms with Gasteiger partial charge in [0.25, 0.3) is 5.91 Å². The Morgan fingerprint density at radius 2 is 2.10 bits per heavy atom. The van der Waals surface area contributed by atoms with Gasteiger partial charge in [0, 0.05) is 6.04 Å². The Kier molecular flexibility index (Phi) is 3.48. The third-order valence-corrected chi connectivity index (χ3v) is 4.99. The van der Waals surface area contributed by atoms with Crippen LogP contribution < -0.4 is 5.32 Å². The second-order valence-corrected chi connectivity index (χ2v) is 6.20. The second-order valence-electron chi connectivity index (χ2n) is 6.20. The van der Waals surface area contributed by atoms with Crippen LogP contribution >= 0.6 is 0 Å². The van der Waals surface area contributed by atoms with E-state index in [2.05, 4.69) is 5.32 Å². The Labute approximate surface area is 117 Å². The molecule has 0 aromatic heterocycles. The molecule has 108 valence electrons. The number of carbonyl (C=O) groups excluding carboxylic acids is 1. The molecule has 2 aliphatic carbocycles. The van der Waals surface area contributed by atoms with E-state index >= 15 is 0 Å². The predicted molar refractivity (Wildman–Crippen MR) is 72.2 cm³/mol. The molecule has 2 aliphatic rings. The highest BCUT2D eigenvalue weighted by Crippen LogP contribution is 2.49. The maximum Gasteiger partial charge on any atom is 0.254 e. The van der Waals surface area contributed by atoms with Gasteiger partial charge in [-0.1, -0.05) is 12.5 Å². The second kappa shape index (κ2) is 5.15. The minimum Gasteiger partial charge on any atom is -0.349 e. The van der Waals surface area contributed by atoms with E-state index in [1.807, 2.05) is 6.92 Å². The van der Waals surface area contributed by atoms with Crippen LogP contribution in [0.25, 0.3) is 0 Å². The summed E-state index contributed by atoms with van der Waals surface area (Å²) in [6, 6.07) is 3.71. The van der Waals surface area contributed by atoms with Crippen molar-refractivity contribution in [1.82, 2.24) is 5.32 Å². The van der Waals surface area contributed by atoms with Crippen molar-refractivity contribution in [1.29, 1.82) is 0 Å². The third kappa shape index (κ3) is 2.32. The van der Waals surface area contributed by atoms with E-state index in [4.69, 9.17) is 0 Å². The van der Waals surface area contributed by atoms with Gasteiger partial charge in [0.1, 0.15) is 0 Å². The Morgan fingerprint density at radius 1 is 1.30 bits per heavy atom. The molecule has 2 nitrogen and oxygen atoms in total. The molecule has 2 fully saturated rings. The molecule has 4 unspecified atom stereocenters. The van der Waals surface area contributed by atoms with Gasteiger partial charge in [0.05, 0.1) is 5.56 Å². The lowest BCUT2D eigenvalue weighted by molar-refractivity contribution is 0.0910. The molecule has 0 saturated heterocycles. The van der Waals surface area contributed by atoms with Gasteiger partial charge in [-0.2, -0.15) is 0 Å². The number of amides is 1. The van der Waals surface area contributed by atoms with Crippen LogP contribution in [0.4, 0.5) is 8.78 Å². The molecule has 1 N–H and O–H groups in total. The van der Waals surface area contributed by atoms with Crippen LogP contribution in [-0.4, -0.2) is 11.9 Å². The summed E-state index contributed by atoms with van der Waals surface area (Å²) in [5.41, 5.74) is -0.208. The fourth-order valence-corrected chi connectivity index (χ4v) is 3.98. The molecular formula is C16H19F2NO. The van der Waals surface area contributed by atoms with Crippen LogP contribution in [0.15, 0.2) is 18.2 Å². The molecule has 0 aliphatic heterocycles.